The molecule has 0 saturated heterocycles. The van der Waals surface area contributed by atoms with Crippen molar-refractivity contribution in [3.05, 3.63) is 34.9 Å². The minimum absolute atomic E-state index is 0.542. The van der Waals surface area contributed by atoms with Gasteiger partial charge < -0.3 is 5.32 Å². The van der Waals surface area contributed by atoms with Crippen molar-refractivity contribution in [2.45, 2.75) is 45.1 Å². The predicted octanol–water partition coefficient (Wildman–Crippen LogP) is 4.22. The molecule has 1 saturated carbocycles. The zero-order valence-electron chi connectivity index (χ0n) is 10.7. The SMILES string of the molecule is CC(C)NCC(c1ccccc1Cl)C1CCC1. The Kier molecular flexibility index (Phi) is 4.47. The van der Waals surface area contributed by atoms with Gasteiger partial charge >= 0.3 is 0 Å². The van der Waals surface area contributed by atoms with Gasteiger partial charge in [0.1, 0.15) is 0 Å². The molecule has 0 aromatic heterocycles. The summed E-state index contributed by atoms with van der Waals surface area (Å²) in [4.78, 5) is 0. The fraction of sp³-hybridized carbons (Fsp3) is 0.600. The van der Waals surface area contributed by atoms with Gasteiger partial charge in [0.2, 0.25) is 0 Å². The number of hydrogen-bond acceptors (Lipinski definition) is 1. The molecule has 0 radical (unpaired) electrons. The summed E-state index contributed by atoms with van der Waals surface area (Å²) in [5.74, 6) is 1.40. The summed E-state index contributed by atoms with van der Waals surface area (Å²) in [6, 6.07) is 8.85. The first kappa shape index (κ1) is 12.9. The lowest BCUT2D eigenvalue weighted by molar-refractivity contribution is 0.252. The highest BCUT2D eigenvalue weighted by Crippen LogP contribution is 2.41. The smallest absolute Gasteiger partial charge is 0.0441 e. The van der Waals surface area contributed by atoms with Crippen molar-refractivity contribution in [2.24, 2.45) is 5.92 Å². The second-order valence-corrected chi connectivity index (χ2v) is 5.79. The first-order valence-electron chi connectivity index (χ1n) is 6.66. The molecular formula is C15H22ClN. The van der Waals surface area contributed by atoms with E-state index in [4.69, 9.17) is 11.6 Å². The Labute approximate surface area is 110 Å². The third-order valence-corrected chi connectivity index (χ3v) is 4.11. The second kappa shape index (κ2) is 5.88. The van der Waals surface area contributed by atoms with Crippen molar-refractivity contribution in [3.8, 4) is 0 Å². The maximum Gasteiger partial charge on any atom is 0.0441 e. The van der Waals surface area contributed by atoms with E-state index in [1.807, 2.05) is 12.1 Å². The Bertz CT molecular complexity index is 358. The predicted molar refractivity (Wildman–Crippen MR) is 74.7 cm³/mol. The molecule has 0 heterocycles. The van der Waals surface area contributed by atoms with Crippen LogP contribution < -0.4 is 5.32 Å². The zero-order valence-corrected chi connectivity index (χ0v) is 11.5. The van der Waals surface area contributed by atoms with Crippen LogP contribution in [-0.2, 0) is 0 Å². The van der Waals surface area contributed by atoms with Crippen LogP contribution in [0, 0.1) is 5.92 Å². The van der Waals surface area contributed by atoms with Crippen molar-refractivity contribution >= 4 is 11.6 Å². The minimum atomic E-state index is 0.542. The summed E-state index contributed by atoms with van der Waals surface area (Å²) in [5, 5.41) is 4.49. The average Bonchev–Trinajstić information content (AvgIpc) is 2.22. The third kappa shape index (κ3) is 3.23. The summed E-state index contributed by atoms with van der Waals surface area (Å²) in [7, 11) is 0. The normalized spacial score (nSPS) is 18.1. The maximum absolute atomic E-state index is 6.33. The van der Waals surface area contributed by atoms with Gasteiger partial charge in [0.15, 0.2) is 0 Å². The van der Waals surface area contributed by atoms with E-state index in [1.165, 1.54) is 24.8 Å². The molecule has 1 aliphatic carbocycles. The number of rotatable bonds is 5. The second-order valence-electron chi connectivity index (χ2n) is 5.38. The molecular weight excluding hydrogens is 230 g/mol. The molecule has 0 amide bonds. The van der Waals surface area contributed by atoms with Crippen LogP contribution in [0.4, 0.5) is 0 Å². The first-order valence-corrected chi connectivity index (χ1v) is 7.04. The number of nitrogens with one attached hydrogen (secondary N) is 1. The van der Waals surface area contributed by atoms with Gasteiger partial charge in [-0.2, -0.15) is 0 Å². The Morgan fingerprint density at radius 1 is 1.29 bits per heavy atom. The molecule has 1 N–H and O–H groups in total. The van der Waals surface area contributed by atoms with Crippen molar-refractivity contribution in [3.63, 3.8) is 0 Å². The molecule has 17 heavy (non-hydrogen) atoms. The lowest BCUT2D eigenvalue weighted by Gasteiger charge is -2.35. The molecule has 2 rings (SSSR count). The highest BCUT2D eigenvalue weighted by Gasteiger charge is 2.29. The number of benzene rings is 1. The maximum atomic E-state index is 6.33. The summed E-state index contributed by atoms with van der Waals surface area (Å²) in [6.07, 6.45) is 4.10. The van der Waals surface area contributed by atoms with Crippen molar-refractivity contribution in [1.82, 2.24) is 5.32 Å². The summed E-state index contributed by atoms with van der Waals surface area (Å²) in [5.41, 5.74) is 1.33. The molecule has 1 nitrogen and oxygen atoms in total. The van der Waals surface area contributed by atoms with Gasteiger partial charge in [0.05, 0.1) is 0 Å². The van der Waals surface area contributed by atoms with Gasteiger partial charge in [0.25, 0.3) is 0 Å². The van der Waals surface area contributed by atoms with Gasteiger partial charge in [-0.3, -0.25) is 0 Å². The third-order valence-electron chi connectivity index (χ3n) is 3.77. The average molecular weight is 252 g/mol. The van der Waals surface area contributed by atoms with E-state index in [2.05, 4.69) is 31.3 Å². The molecule has 1 aromatic rings. The van der Waals surface area contributed by atoms with E-state index in [0.717, 1.165) is 17.5 Å². The zero-order chi connectivity index (χ0) is 12.3. The van der Waals surface area contributed by atoms with Crippen LogP contribution in [0.3, 0.4) is 0 Å². The van der Waals surface area contributed by atoms with Gasteiger partial charge in [-0.1, -0.05) is 50.1 Å². The Hall–Kier alpha value is -0.530. The van der Waals surface area contributed by atoms with Crippen molar-refractivity contribution in [1.29, 1.82) is 0 Å². The Morgan fingerprint density at radius 3 is 2.53 bits per heavy atom. The van der Waals surface area contributed by atoms with Gasteiger partial charge in [-0.25, -0.2) is 0 Å². The van der Waals surface area contributed by atoms with Crippen LogP contribution in [0.5, 0.6) is 0 Å². The topological polar surface area (TPSA) is 12.0 Å². The standard InChI is InChI=1S/C15H22ClN/c1-11(2)17-10-14(12-6-5-7-12)13-8-3-4-9-15(13)16/h3-4,8-9,11-12,14,17H,5-7,10H2,1-2H3. The molecule has 2 heteroatoms. The fourth-order valence-corrected chi connectivity index (χ4v) is 2.79. The van der Waals surface area contributed by atoms with Crippen LogP contribution in [0.25, 0.3) is 0 Å². The Morgan fingerprint density at radius 2 is 2.00 bits per heavy atom. The minimum Gasteiger partial charge on any atom is -0.314 e. The molecule has 1 atom stereocenters. The van der Waals surface area contributed by atoms with E-state index in [-0.39, 0.29) is 0 Å². The molecule has 1 aliphatic rings. The monoisotopic (exact) mass is 251 g/mol. The lowest BCUT2D eigenvalue weighted by Crippen LogP contribution is -2.33. The molecule has 0 aliphatic heterocycles. The molecule has 1 fully saturated rings. The molecule has 1 aromatic carbocycles. The summed E-state index contributed by atoms with van der Waals surface area (Å²) >= 11 is 6.33. The van der Waals surface area contributed by atoms with Crippen molar-refractivity contribution in [2.75, 3.05) is 6.54 Å². The quantitative estimate of drug-likeness (QED) is 0.826. The van der Waals surface area contributed by atoms with Gasteiger partial charge in [0, 0.05) is 23.5 Å². The number of hydrogen-bond donors (Lipinski definition) is 1. The van der Waals surface area contributed by atoms with Crippen LogP contribution in [0.15, 0.2) is 24.3 Å². The highest BCUT2D eigenvalue weighted by atomic mass is 35.5. The largest absolute Gasteiger partial charge is 0.314 e. The first-order chi connectivity index (χ1) is 8.18. The lowest BCUT2D eigenvalue weighted by atomic mass is 9.73. The number of halogens is 1. The van der Waals surface area contributed by atoms with Crippen LogP contribution >= 0.6 is 11.6 Å². The highest BCUT2D eigenvalue weighted by molar-refractivity contribution is 6.31. The van der Waals surface area contributed by atoms with Crippen LogP contribution in [-0.4, -0.2) is 12.6 Å². The molecule has 0 spiro atoms. The molecule has 94 valence electrons. The summed E-state index contributed by atoms with van der Waals surface area (Å²) < 4.78 is 0. The van der Waals surface area contributed by atoms with Crippen molar-refractivity contribution < 1.29 is 0 Å². The Balaban J connectivity index is 2.11. The van der Waals surface area contributed by atoms with Crippen LogP contribution in [0.1, 0.15) is 44.6 Å². The fourth-order valence-electron chi connectivity index (χ4n) is 2.51. The van der Waals surface area contributed by atoms with E-state index >= 15 is 0 Å². The van der Waals surface area contributed by atoms with Crippen LogP contribution in [0.2, 0.25) is 5.02 Å². The van der Waals surface area contributed by atoms with Gasteiger partial charge in [-0.15, -0.1) is 0 Å². The molecule has 1 unspecified atom stereocenters. The summed E-state index contributed by atoms with van der Waals surface area (Å²) in [6.45, 7) is 5.45. The molecule has 0 bridgehead atoms. The van der Waals surface area contributed by atoms with E-state index in [9.17, 15) is 0 Å². The van der Waals surface area contributed by atoms with E-state index in [1.54, 1.807) is 0 Å². The van der Waals surface area contributed by atoms with E-state index < -0.39 is 0 Å². The van der Waals surface area contributed by atoms with Gasteiger partial charge in [-0.05, 0) is 30.4 Å². The van der Waals surface area contributed by atoms with E-state index in [0.29, 0.717) is 12.0 Å².